The first-order valence-electron chi connectivity index (χ1n) is 11.2. The van der Waals surface area contributed by atoms with E-state index >= 15 is 0 Å². The number of aliphatic hydroxyl groups is 1. The molecule has 0 saturated heterocycles. The van der Waals surface area contributed by atoms with Gasteiger partial charge in [0.15, 0.2) is 0 Å². The van der Waals surface area contributed by atoms with E-state index in [1.807, 2.05) is 31.2 Å². The largest absolute Gasteiger partial charge is 0.460 e. The lowest BCUT2D eigenvalue weighted by molar-refractivity contribution is -0.175. The number of aliphatic hydroxyl groups excluding tert-OH is 1. The van der Waals surface area contributed by atoms with Crippen LogP contribution in [0.1, 0.15) is 78.0 Å². The third kappa shape index (κ3) is 7.04. The molecule has 5 atom stereocenters. The Hall–Kier alpha value is -1.92. The van der Waals surface area contributed by atoms with Gasteiger partial charge in [-0.1, -0.05) is 36.2 Å². The Kier molecular flexibility index (Phi) is 7.93. The molecule has 0 bridgehead atoms. The summed E-state index contributed by atoms with van der Waals surface area (Å²) >= 11 is 0. The summed E-state index contributed by atoms with van der Waals surface area (Å²) in [5.74, 6) is -3.04. The van der Waals surface area contributed by atoms with Gasteiger partial charge in [-0.2, -0.15) is 0 Å². The van der Waals surface area contributed by atoms with Gasteiger partial charge in [0.2, 0.25) is 0 Å². The predicted molar refractivity (Wildman–Crippen MR) is 120 cm³/mol. The van der Waals surface area contributed by atoms with Gasteiger partial charge in [0, 0.05) is 6.04 Å². The SMILES string of the molecule is Cc1ccc([C@@H](O)[C@@H](C(=O)OC(C)(C)C)[C@H]2CCC[C@@H](N)[C@@H]2C(=O)OC(C)(C)C)cc1. The van der Waals surface area contributed by atoms with E-state index < -0.39 is 53.0 Å². The number of hydrogen-bond acceptors (Lipinski definition) is 6. The summed E-state index contributed by atoms with van der Waals surface area (Å²) in [4.78, 5) is 26.4. The number of nitrogens with two attached hydrogens (primary N) is 1. The maximum atomic E-state index is 13.3. The van der Waals surface area contributed by atoms with Crippen LogP contribution >= 0.6 is 0 Å². The third-order valence-corrected chi connectivity index (χ3v) is 5.58. The second-order valence-corrected chi connectivity index (χ2v) is 10.7. The zero-order valence-corrected chi connectivity index (χ0v) is 20.0. The molecule has 0 heterocycles. The molecule has 31 heavy (non-hydrogen) atoms. The Morgan fingerprint density at radius 2 is 1.55 bits per heavy atom. The van der Waals surface area contributed by atoms with Crippen LogP contribution in [0.4, 0.5) is 0 Å². The highest BCUT2D eigenvalue weighted by molar-refractivity contribution is 5.78. The topological polar surface area (TPSA) is 98.9 Å². The molecule has 0 aromatic heterocycles. The van der Waals surface area contributed by atoms with Gasteiger partial charge in [0.1, 0.15) is 11.2 Å². The van der Waals surface area contributed by atoms with Crippen molar-refractivity contribution >= 4 is 11.9 Å². The van der Waals surface area contributed by atoms with Gasteiger partial charge in [0.25, 0.3) is 0 Å². The third-order valence-electron chi connectivity index (χ3n) is 5.58. The van der Waals surface area contributed by atoms with Crippen LogP contribution in [-0.2, 0) is 19.1 Å². The smallest absolute Gasteiger partial charge is 0.312 e. The Morgan fingerprint density at radius 1 is 1.00 bits per heavy atom. The molecule has 0 aliphatic heterocycles. The number of esters is 2. The molecule has 6 heteroatoms. The van der Waals surface area contributed by atoms with E-state index in [-0.39, 0.29) is 0 Å². The molecule has 1 aliphatic carbocycles. The number of carbonyl (C=O) groups is 2. The summed E-state index contributed by atoms with van der Waals surface area (Å²) in [5, 5.41) is 11.3. The molecule has 1 aliphatic rings. The summed E-state index contributed by atoms with van der Waals surface area (Å²) in [6.07, 6.45) is 0.910. The quantitative estimate of drug-likeness (QED) is 0.679. The maximum absolute atomic E-state index is 13.3. The van der Waals surface area contributed by atoms with Crippen molar-refractivity contribution in [2.45, 2.75) is 91.1 Å². The van der Waals surface area contributed by atoms with E-state index in [2.05, 4.69) is 0 Å². The highest BCUT2D eigenvalue weighted by atomic mass is 16.6. The van der Waals surface area contributed by atoms with Crippen LogP contribution in [0.25, 0.3) is 0 Å². The highest BCUT2D eigenvalue weighted by Crippen LogP contribution is 2.42. The summed E-state index contributed by atoms with van der Waals surface area (Å²) < 4.78 is 11.3. The van der Waals surface area contributed by atoms with E-state index in [9.17, 15) is 14.7 Å². The van der Waals surface area contributed by atoms with Crippen molar-refractivity contribution in [3.8, 4) is 0 Å². The average molecular weight is 434 g/mol. The van der Waals surface area contributed by atoms with E-state index in [1.165, 1.54) is 0 Å². The molecule has 1 aromatic carbocycles. The molecule has 0 amide bonds. The number of rotatable bonds is 5. The molecule has 174 valence electrons. The van der Waals surface area contributed by atoms with Crippen molar-refractivity contribution in [1.29, 1.82) is 0 Å². The summed E-state index contributed by atoms with van der Waals surface area (Å²) in [5.41, 5.74) is 6.65. The normalized spacial score (nSPS) is 24.2. The molecule has 0 radical (unpaired) electrons. The summed E-state index contributed by atoms with van der Waals surface area (Å²) in [7, 11) is 0. The summed E-state index contributed by atoms with van der Waals surface area (Å²) in [6, 6.07) is 6.96. The van der Waals surface area contributed by atoms with Gasteiger partial charge >= 0.3 is 11.9 Å². The molecule has 1 fully saturated rings. The molecule has 6 nitrogen and oxygen atoms in total. The van der Waals surface area contributed by atoms with Crippen LogP contribution in [0, 0.1) is 24.7 Å². The van der Waals surface area contributed by atoms with E-state index in [0.29, 0.717) is 18.4 Å². The van der Waals surface area contributed by atoms with E-state index in [0.717, 1.165) is 12.0 Å². The van der Waals surface area contributed by atoms with Gasteiger partial charge in [-0.15, -0.1) is 0 Å². The maximum Gasteiger partial charge on any atom is 0.312 e. The molecular formula is C25H39NO5. The Bertz CT molecular complexity index is 760. The molecule has 3 N–H and O–H groups in total. The monoisotopic (exact) mass is 433 g/mol. The summed E-state index contributed by atoms with van der Waals surface area (Å²) in [6.45, 7) is 12.7. The van der Waals surface area contributed by atoms with E-state index in [4.69, 9.17) is 15.2 Å². The van der Waals surface area contributed by atoms with Crippen LogP contribution in [0.5, 0.6) is 0 Å². The van der Waals surface area contributed by atoms with Gasteiger partial charge in [-0.3, -0.25) is 9.59 Å². The van der Waals surface area contributed by atoms with Crippen molar-refractivity contribution in [2.24, 2.45) is 23.5 Å². The zero-order valence-electron chi connectivity index (χ0n) is 20.0. The van der Waals surface area contributed by atoms with Crippen molar-refractivity contribution in [2.75, 3.05) is 0 Å². The van der Waals surface area contributed by atoms with Crippen LogP contribution in [-0.4, -0.2) is 34.3 Å². The Morgan fingerprint density at radius 3 is 2.06 bits per heavy atom. The van der Waals surface area contributed by atoms with Crippen molar-refractivity contribution in [1.82, 2.24) is 0 Å². The fraction of sp³-hybridized carbons (Fsp3) is 0.680. The fourth-order valence-electron chi connectivity index (χ4n) is 4.27. The van der Waals surface area contributed by atoms with Crippen LogP contribution < -0.4 is 5.73 Å². The Balaban J connectivity index is 2.46. The lowest BCUT2D eigenvalue weighted by Gasteiger charge is -2.41. The lowest BCUT2D eigenvalue weighted by atomic mass is 9.67. The Labute approximate surface area is 186 Å². The first kappa shape index (κ1) is 25.3. The van der Waals surface area contributed by atoms with Gasteiger partial charge in [-0.25, -0.2) is 0 Å². The van der Waals surface area contributed by atoms with Crippen LogP contribution in [0.2, 0.25) is 0 Å². The molecule has 2 rings (SSSR count). The van der Waals surface area contributed by atoms with Crippen molar-refractivity contribution in [3.63, 3.8) is 0 Å². The standard InChI is InChI=1S/C25H39NO5/c1-15-11-13-16(14-12-15)21(27)20(23(29)31-25(5,6)7)17-9-8-10-18(26)19(17)22(28)30-24(2,3)4/h11-14,17-21,27H,8-10,26H2,1-7H3/t17-,18+,19+,20-,21+/m0/s1. The van der Waals surface area contributed by atoms with Crippen molar-refractivity contribution < 1.29 is 24.2 Å². The molecular weight excluding hydrogens is 394 g/mol. The number of benzene rings is 1. The second kappa shape index (κ2) is 9.70. The minimum atomic E-state index is -1.12. The van der Waals surface area contributed by atoms with Crippen LogP contribution in [0.3, 0.4) is 0 Å². The average Bonchev–Trinajstić information content (AvgIpc) is 2.59. The van der Waals surface area contributed by atoms with Gasteiger partial charge < -0.3 is 20.3 Å². The number of aryl methyl sites for hydroxylation is 1. The molecule has 1 aromatic rings. The first-order chi connectivity index (χ1) is 14.2. The minimum absolute atomic E-state index is 0.422. The molecule has 0 spiro atoms. The number of hydrogen-bond donors (Lipinski definition) is 2. The predicted octanol–water partition coefficient (Wildman–Crippen LogP) is 4.07. The van der Waals surface area contributed by atoms with Gasteiger partial charge in [0.05, 0.1) is 17.9 Å². The number of carbonyl (C=O) groups excluding carboxylic acids is 2. The molecule has 1 saturated carbocycles. The van der Waals surface area contributed by atoms with Crippen molar-refractivity contribution in [3.05, 3.63) is 35.4 Å². The zero-order chi connectivity index (χ0) is 23.6. The number of ether oxygens (including phenoxy) is 2. The first-order valence-corrected chi connectivity index (χ1v) is 11.2. The van der Waals surface area contributed by atoms with Gasteiger partial charge in [-0.05, 0) is 72.8 Å². The molecule has 0 unspecified atom stereocenters. The fourth-order valence-corrected chi connectivity index (χ4v) is 4.27. The van der Waals surface area contributed by atoms with Crippen LogP contribution in [0.15, 0.2) is 24.3 Å². The minimum Gasteiger partial charge on any atom is -0.460 e. The lowest BCUT2D eigenvalue weighted by Crippen LogP contribution is -2.50. The second-order valence-electron chi connectivity index (χ2n) is 10.7. The highest BCUT2D eigenvalue weighted by Gasteiger charge is 2.48. The van der Waals surface area contributed by atoms with E-state index in [1.54, 1.807) is 41.5 Å².